The van der Waals surface area contributed by atoms with Gasteiger partial charge in [-0.3, -0.25) is 4.79 Å². The Balaban J connectivity index is 1.68. The van der Waals surface area contributed by atoms with E-state index in [9.17, 15) is 9.18 Å². The predicted octanol–water partition coefficient (Wildman–Crippen LogP) is 5.22. The first-order chi connectivity index (χ1) is 13.0. The molecule has 2 aromatic carbocycles. The van der Waals surface area contributed by atoms with Crippen LogP contribution in [0.2, 0.25) is 5.02 Å². The van der Waals surface area contributed by atoms with Gasteiger partial charge in [-0.1, -0.05) is 30.5 Å². The fourth-order valence-electron chi connectivity index (χ4n) is 3.92. The first kappa shape index (κ1) is 18.0. The normalized spacial score (nSPS) is 14.8. The first-order valence-electron chi connectivity index (χ1n) is 9.20. The molecule has 27 heavy (non-hydrogen) atoms. The monoisotopic (exact) mass is 385 g/mol. The van der Waals surface area contributed by atoms with Crippen molar-refractivity contribution in [3.63, 3.8) is 0 Å². The molecule has 0 bridgehead atoms. The minimum atomic E-state index is -0.415. The molecular weight excluding hydrogens is 365 g/mol. The number of rotatable bonds is 4. The molecule has 1 amide bonds. The van der Waals surface area contributed by atoms with Crippen LogP contribution in [0.1, 0.15) is 47.9 Å². The molecular formula is C21H21ClFN3O. The molecule has 1 saturated carbocycles. The van der Waals surface area contributed by atoms with E-state index in [1.54, 1.807) is 24.1 Å². The molecule has 1 aliphatic carbocycles. The number of hydrogen-bond donors (Lipinski definition) is 0. The number of amides is 1. The summed E-state index contributed by atoms with van der Waals surface area (Å²) < 4.78 is 15.7. The van der Waals surface area contributed by atoms with Crippen LogP contribution in [-0.2, 0) is 6.54 Å². The van der Waals surface area contributed by atoms with Crippen molar-refractivity contribution >= 4 is 28.5 Å². The van der Waals surface area contributed by atoms with Crippen LogP contribution in [0.3, 0.4) is 0 Å². The number of hydrogen-bond acceptors (Lipinski definition) is 2. The smallest absolute Gasteiger partial charge is 0.254 e. The van der Waals surface area contributed by atoms with Gasteiger partial charge in [-0.25, -0.2) is 9.37 Å². The number of aromatic nitrogens is 2. The number of halogens is 2. The van der Waals surface area contributed by atoms with Crippen molar-refractivity contribution in [1.29, 1.82) is 0 Å². The van der Waals surface area contributed by atoms with Gasteiger partial charge in [0.15, 0.2) is 0 Å². The van der Waals surface area contributed by atoms with E-state index in [1.165, 1.54) is 25.0 Å². The van der Waals surface area contributed by atoms with E-state index in [4.69, 9.17) is 16.6 Å². The number of carbonyl (C=O) groups is 1. The highest BCUT2D eigenvalue weighted by atomic mass is 35.5. The van der Waals surface area contributed by atoms with Crippen molar-refractivity contribution in [2.75, 3.05) is 7.05 Å². The van der Waals surface area contributed by atoms with E-state index in [2.05, 4.69) is 4.57 Å². The molecule has 1 fully saturated rings. The second kappa shape index (κ2) is 7.31. The van der Waals surface area contributed by atoms with Crippen LogP contribution in [0.4, 0.5) is 4.39 Å². The lowest BCUT2D eigenvalue weighted by atomic mass is 10.2. The summed E-state index contributed by atoms with van der Waals surface area (Å²) in [6.45, 7) is 0.359. The molecule has 0 saturated heterocycles. The van der Waals surface area contributed by atoms with Crippen molar-refractivity contribution in [2.24, 2.45) is 0 Å². The summed E-state index contributed by atoms with van der Waals surface area (Å²) in [5.74, 6) is 0.200. The maximum absolute atomic E-state index is 13.5. The van der Waals surface area contributed by atoms with Gasteiger partial charge in [0.1, 0.15) is 11.6 Å². The van der Waals surface area contributed by atoms with Gasteiger partial charge in [-0.2, -0.15) is 0 Å². The summed E-state index contributed by atoms with van der Waals surface area (Å²) in [5.41, 5.74) is 2.23. The lowest BCUT2D eigenvalue weighted by Gasteiger charge is -2.21. The molecule has 3 aromatic rings. The second-order valence-electron chi connectivity index (χ2n) is 7.14. The lowest BCUT2D eigenvalue weighted by molar-refractivity contribution is 0.0779. The first-order valence-corrected chi connectivity index (χ1v) is 9.58. The molecule has 140 valence electrons. The van der Waals surface area contributed by atoms with Crippen molar-refractivity contribution in [2.45, 2.75) is 38.3 Å². The molecule has 0 spiro atoms. The summed E-state index contributed by atoms with van der Waals surface area (Å²) in [7, 11) is 1.72. The molecule has 4 rings (SSSR count). The topological polar surface area (TPSA) is 38.1 Å². The number of fused-ring (bicyclic) bond motifs is 1. The highest BCUT2D eigenvalue weighted by Crippen LogP contribution is 2.34. The average Bonchev–Trinajstić information content (AvgIpc) is 3.28. The van der Waals surface area contributed by atoms with E-state index in [0.717, 1.165) is 29.7 Å². The summed E-state index contributed by atoms with van der Waals surface area (Å²) in [6, 6.07) is 11.8. The number of imidazole rings is 1. The summed E-state index contributed by atoms with van der Waals surface area (Å²) in [4.78, 5) is 19.1. The largest absolute Gasteiger partial charge is 0.334 e. The lowest BCUT2D eigenvalue weighted by Crippen LogP contribution is -2.28. The highest BCUT2D eigenvalue weighted by molar-refractivity contribution is 6.31. The zero-order chi connectivity index (χ0) is 19.0. The molecule has 6 heteroatoms. The predicted molar refractivity (Wildman–Crippen MR) is 104 cm³/mol. The quantitative estimate of drug-likeness (QED) is 0.617. The minimum Gasteiger partial charge on any atom is -0.334 e. The molecule has 0 aliphatic heterocycles. The highest BCUT2D eigenvalue weighted by Gasteiger charge is 2.24. The van der Waals surface area contributed by atoms with Gasteiger partial charge >= 0.3 is 0 Å². The molecule has 0 radical (unpaired) electrons. The molecule has 4 nitrogen and oxygen atoms in total. The average molecular weight is 386 g/mol. The maximum atomic E-state index is 13.5. The van der Waals surface area contributed by atoms with E-state index in [-0.39, 0.29) is 5.91 Å². The van der Waals surface area contributed by atoms with Crippen LogP contribution in [0.15, 0.2) is 42.5 Å². The molecule has 1 heterocycles. The van der Waals surface area contributed by atoms with Crippen LogP contribution in [0.5, 0.6) is 0 Å². The third-order valence-electron chi connectivity index (χ3n) is 5.21. The molecule has 1 aliphatic rings. The van der Waals surface area contributed by atoms with Gasteiger partial charge in [0, 0.05) is 23.7 Å². The second-order valence-corrected chi connectivity index (χ2v) is 7.58. The van der Waals surface area contributed by atoms with Gasteiger partial charge in [0.05, 0.1) is 17.6 Å². The van der Waals surface area contributed by atoms with Crippen LogP contribution in [0, 0.1) is 5.82 Å². The third kappa shape index (κ3) is 3.56. The molecule has 0 N–H and O–H groups in total. The van der Waals surface area contributed by atoms with Crippen molar-refractivity contribution in [3.8, 4) is 0 Å². The number of nitrogens with zero attached hydrogens (tertiary/aromatic N) is 3. The Hall–Kier alpha value is -2.40. The number of carbonyl (C=O) groups excluding carboxylic acids is 1. The van der Waals surface area contributed by atoms with E-state index in [1.807, 2.05) is 18.2 Å². The molecule has 1 aromatic heterocycles. The Morgan fingerprint density at radius 3 is 2.78 bits per heavy atom. The summed E-state index contributed by atoms with van der Waals surface area (Å²) in [5, 5.41) is 0.678. The Kier molecular flexibility index (Phi) is 4.87. The summed E-state index contributed by atoms with van der Waals surface area (Å²) in [6.07, 6.45) is 4.60. The fourth-order valence-corrected chi connectivity index (χ4v) is 4.09. The van der Waals surface area contributed by atoms with E-state index >= 15 is 0 Å². The van der Waals surface area contributed by atoms with Gasteiger partial charge in [-0.15, -0.1) is 0 Å². The van der Waals surface area contributed by atoms with Crippen molar-refractivity contribution in [3.05, 3.63) is 64.7 Å². The SMILES string of the molecule is CN(Cc1nc2ccc(Cl)cc2n1C1CCCC1)C(=O)c1cccc(F)c1. The van der Waals surface area contributed by atoms with Crippen molar-refractivity contribution in [1.82, 2.24) is 14.5 Å². The van der Waals surface area contributed by atoms with Crippen LogP contribution in [-0.4, -0.2) is 27.4 Å². The van der Waals surface area contributed by atoms with E-state index < -0.39 is 5.82 Å². The van der Waals surface area contributed by atoms with Gasteiger partial charge in [0.2, 0.25) is 0 Å². The maximum Gasteiger partial charge on any atom is 0.254 e. The van der Waals surface area contributed by atoms with Crippen LogP contribution in [0.25, 0.3) is 11.0 Å². The van der Waals surface area contributed by atoms with Crippen LogP contribution < -0.4 is 0 Å². The molecule has 0 unspecified atom stereocenters. The number of benzene rings is 2. The Morgan fingerprint density at radius 1 is 1.26 bits per heavy atom. The van der Waals surface area contributed by atoms with Crippen molar-refractivity contribution < 1.29 is 9.18 Å². The Labute approximate surface area is 162 Å². The van der Waals surface area contributed by atoms with Gasteiger partial charge < -0.3 is 9.47 Å². The summed E-state index contributed by atoms with van der Waals surface area (Å²) >= 11 is 6.22. The minimum absolute atomic E-state index is 0.224. The van der Waals surface area contributed by atoms with Crippen LogP contribution >= 0.6 is 11.6 Å². The Bertz CT molecular complexity index is 994. The zero-order valence-electron chi connectivity index (χ0n) is 15.2. The molecule has 0 atom stereocenters. The third-order valence-corrected chi connectivity index (χ3v) is 5.45. The standard InChI is InChI=1S/C21H21ClFN3O/c1-25(21(27)14-5-4-6-16(23)11-14)13-20-24-18-10-9-15(22)12-19(18)26(20)17-7-2-3-8-17/h4-6,9-12,17H,2-3,7-8,13H2,1H3. The fraction of sp³-hybridized carbons (Fsp3) is 0.333. The van der Waals surface area contributed by atoms with E-state index in [0.29, 0.717) is 23.2 Å². The Morgan fingerprint density at radius 2 is 2.04 bits per heavy atom. The van der Waals surface area contributed by atoms with Gasteiger partial charge in [0.25, 0.3) is 5.91 Å². The van der Waals surface area contributed by atoms with Gasteiger partial charge in [-0.05, 0) is 49.2 Å². The zero-order valence-corrected chi connectivity index (χ0v) is 15.9.